The molecule has 0 fully saturated rings. The van der Waals surface area contributed by atoms with Gasteiger partial charge in [-0.05, 0) is 91.1 Å². The molecule has 4 amide bonds. The monoisotopic (exact) mass is 669 g/mol. The third-order valence-corrected chi connectivity index (χ3v) is 9.91. The summed E-state index contributed by atoms with van der Waals surface area (Å²) < 4.78 is 6.25. The van der Waals surface area contributed by atoms with Gasteiger partial charge in [-0.25, -0.2) is 0 Å². The molecule has 3 heterocycles. The highest BCUT2D eigenvalue weighted by atomic mass is 32.1. The topological polar surface area (TPSA) is 96.0 Å². The second-order valence-electron chi connectivity index (χ2n) is 12.1. The summed E-state index contributed by atoms with van der Waals surface area (Å²) in [4.78, 5) is 57.6. The summed E-state index contributed by atoms with van der Waals surface area (Å²) in [5.74, 6) is -0.613. The molecule has 0 radical (unpaired) electrons. The summed E-state index contributed by atoms with van der Waals surface area (Å²) in [6.07, 6.45) is 3.98. The Hall–Kier alpha value is -5.54. The van der Waals surface area contributed by atoms with Gasteiger partial charge >= 0.3 is 0 Å². The molecule has 0 saturated carbocycles. The Labute approximate surface area is 288 Å². The van der Waals surface area contributed by atoms with Gasteiger partial charge in [-0.3, -0.25) is 24.1 Å². The lowest BCUT2D eigenvalue weighted by Crippen LogP contribution is -2.31. The predicted molar refractivity (Wildman–Crippen MR) is 192 cm³/mol. The third kappa shape index (κ3) is 6.62. The standard InChI is InChI=1S/C40H35N3O5S/c44-37(30-15-5-4-14-29(30)27-12-2-1-3-13-27)41-33-20-19-28(38(45)42-22-9-8-18-36-34(42)21-25-49-36)26-35(33)48-24-11-10-23-43-39(46)31-16-6-7-17-32(31)40(43)47/h1-7,12-17,19-21,25-26H,8-11,18,22-24H2,(H,41,44). The Morgan fingerprint density at radius 2 is 1.49 bits per heavy atom. The number of rotatable bonds is 10. The molecule has 4 aromatic carbocycles. The van der Waals surface area contributed by atoms with E-state index in [1.165, 1.54) is 9.78 Å². The first kappa shape index (κ1) is 32.0. The number of imide groups is 1. The third-order valence-electron chi connectivity index (χ3n) is 8.94. The zero-order valence-corrected chi connectivity index (χ0v) is 27.7. The highest BCUT2D eigenvalue weighted by Gasteiger charge is 2.34. The van der Waals surface area contributed by atoms with Crippen LogP contribution in [0.25, 0.3) is 11.1 Å². The summed E-state index contributed by atoms with van der Waals surface area (Å²) in [7, 11) is 0. The maximum atomic E-state index is 13.9. The predicted octanol–water partition coefficient (Wildman–Crippen LogP) is 8.11. The van der Waals surface area contributed by atoms with Gasteiger partial charge in [-0.1, -0.05) is 60.7 Å². The van der Waals surface area contributed by atoms with E-state index in [0.717, 1.165) is 36.1 Å². The van der Waals surface area contributed by atoms with E-state index >= 15 is 0 Å². The number of hydrogen-bond donors (Lipinski definition) is 1. The number of fused-ring (bicyclic) bond motifs is 2. The Morgan fingerprint density at radius 3 is 2.27 bits per heavy atom. The van der Waals surface area contributed by atoms with E-state index in [4.69, 9.17) is 4.74 Å². The van der Waals surface area contributed by atoms with E-state index in [-0.39, 0.29) is 36.8 Å². The number of amides is 4. The van der Waals surface area contributed by atoms with Crippen LogP contribution in [0.5, 0.6) is 5.75 Å². The number of thiophene rings is 1. The molecule has 0 saturated heterocycles. The number of hydrogen-bond acceptors (Lipinski definition) is 6. The molecular formula is C40H35N3O5S. The molecule has 0 atom stereocenters. The van der Waals surface area contributed by atoms with Crippen molar-refractivity contribution in [3.63, 3.8) is 0 Å². The molecule has 0 bridgehead atoms. The molecule has 9 heteroatoms. The highest BCUT2D eigenvalue weighted by molar-refractivity contribution is 7.10. The van der Waals surface area contributed by atoms with Gasteiger partial charge in [0.15, 0.2) is 0 Å². The molecule has 7 rings (SSSR count). The molecule has 0 aliphatic carbocycles. The molecule has 49 heavy (non-hydrogen) atoms. The number of ether oxygens (including phenoxy) is 1. The van der Waals surface area contributed by atoms with E-state index in [9.17, 15) is 19.2 Å². The van der Waals surface area contributed by atoms with Crippen molar-refractivity contribution in [1.82, 2.24) is 4.90 Å². The van der Waals surface area contributed by atoms with Gasteiger partial charge < -0.3 is 15.0 Å². The second-order valence-corrected chi connectivity index (χ2v) is 13.1. The fraction of sp³-hybridized carbons (Fsp3) is 0.200. The van der Waals surface area contributed by atoms with Gasteiger partial charge in [0.05, 0.1) is 29.1 Å². The van der Waals surface area contributed by atoms with Gasteiger partial charge in [0.25, 0.3) is 23.6 Å². The number of carbonyl (C=O) groups excluding carboxylic acids is 4. The molecule has 5 aromatic rings. The maximum absolute atomic E-state index is 13.9. The zero-order valence-electron chi connectivity index (χ0n) is 26.9. The van der Waals surface area contributed by atoms with Crippen molar-refractivity contribution in [3.05, 3.63) is 136 Å². The van der Waals surface area contributed by atoms with Crippen LogP contribution in [-0.2, 0) is 6.42 Å². The van der Waals surface area contributed by atoms with Crippen molar-refractivity contribution in [2.24, 2.45) is 0 Å². The van der Waals surface area contributed by atoms with Crippen LogP contribution in [0, 0.1) is 0 Å². The minimum atomic E-state index is -0.301. The molecular weight excluding hydrogens is 635 g/mol. The number of carbonyl (C=O) groups is 4. The van der Waals surface area contributed by atoms with Crippen LogP contribution in [0.15, 0.2) is 109 Å². The molecule has 8 nitrogen and oxygen atoms in total. The molecule has 246 valence electrons. The lowest BCUT2D eigenvalue weighted by Gasteiger charge is -2.22. The average molecular weight is 670 g/mol. The first-order valence-corrected chi connectivity index (χ1v) is 17.4. The normalized spacial score (nSPS) is 13.9. The number of nitrogens with zero attached hydrogens (tertiary/aromatic N) is 2. The smallest absolute Gasteiger partial charge is 0.261 e. The fourth-order valence-electron chi connectivity index (χ4n) is 6.42. The maximum Gasteiger partial charge on any atom is 0.261 e. The van der Waals surface area contributed by atoms with E-state index in [2.05, 4.69) is 5.32 Å². The summed E-state index contributed by atoms with van der Waals surface area (Å²) in [5, 5.41) is 5.05. The number of nitrogens with one attached hydrogen (secondary N) is 1. The van der Waals surface area contributed by atoms with Gasteiger partial charge in [-0.2, -0.15) is 0 Å². The molecule has 2 aliphatic rings. The van der Waals surface area contributed by atoms with Crippen LogP contribution in [0.4, 0.5) is 11.4 Å². The first-order chi connectivity index (χ1) is 24.0. The van der Waals surface area contributed by atoms with Crippen molar-refractivity contribution < 1.29 is 23.9 Å². The van der Waals surface area contributed by atoms with Crippen LogP contribution < -0.4 is 15.0 Å². The fourth-order valence-corrected chi connectivity index (χ4v) is 7.34. The minimum absolute atomic E-state index is 0.121. The van der Waals surface area contributed by atoms with Crippen LogP contribution in [0.1, 0.15) is 72.0 Å². The van der Waals surface area contributed by atoms with Crippen LogP contribution >= 0.6 is 11.3 Å². The van der Waals surface area contributed by atoms with Gasteiger partial charge in [0.1, 0.15) is 5.75 Å². The molecule has 2 aliphatic heterocycles. The number of unbranched alkanes of at least 4 members (excludes halogenated alkanes) is 1. The first-order valence-electron chi connectivity index (χ1n) is 16.6. The van der Waals surface area contributed by atoms with Crippen LogP contribution in [0.2, 0.25) is 0 Å². The number of anilines is 2. The number of benzene rings is 4. The van der Waals surface area contributed by atoms with E-state index in [0.29, 0.717) is 53.1 Å². The summed E-state index contributed by atoms with van der Waals surface area (Å²) in [6.45, 7) is 1.15. The second kappa shape index (κ2) is 14.3. The van der Waals surface area contributed by atoms with Gasteiger partial charge in [0, 0.05) is 29.1 Å². The van der Waals surface area contributed by atoms with E-state index < -0.39 is 0 Å². The van der Waals surface area contributed by atoms with Crippen molar-refractivity contribution in [3.8, 4) is 16.9 Å². The summed E-state index contributed by atoms with van der Waals surface area (Å²) >= 11 is 1.67. The van der Waals surface area contributed by atoms with Crippen LogP contribution in [-0.4, -0.2) is 48.2 Å². The van der Waals surface area contributed by atoms with Crippen molar-refractivity contribution >= 4 is 46.3 Å². The Kier molecular flexibility index (Phi) is 9.34. The van der Waals surface area contributed by atoms with Crippen molar-refractivity contribution in [2.45, 2.75) is 32.1 Å². The summed E-state index contributed by atoms with van der Waals surface area (Å²) in [5.41, 5.74) is 4.95. The van der Waals surface area contributed by atoms with Gasteiger partial charge in [-0.15, -0.1) is 11.3 Å². The quantitative estimate of drug-likeness (QED) is 0.120. The zero-order chi connectivity index (χ0) is 33.7. The Bertz CT molecular complexity index is 2000. The lowest BCUT2D eigenvalue weighted by molar-refractivity contribution is 0.0649. The number of aryl methyl sites for hydroxylation is 1. The molecule has 1 aromatic heterocycles. The molecule has 0 unspecified atom stereocenters. The highest BCUT2D eigenvalue weighted by Crippen LogP contribution is 2.34. The largest absolute Gasteiger partial charge is 0.491 e. The Morgan fingerprint density at radius 1 is 0.776 bits per heavy atom. The summed E-state index contributed by atoms with van der Waals surface area (Å²) in [6, 6.07) is 31.2. The van der Waals surface area contributed by atoms with E-state index in [1.54, 1.807) is 59.9 Å². The Balaban J connectivity index is 1.10. The van der Waals surface area contributed by atoms with E-state index in [1.807, 2.05) is 64.9 Å². The average Bonchev–Trinajstić information content (AvgIpc) is 3.63. The lowest BCUT2D eigenvalue weighted by atomic mass is 9.99. The SMILES string of the molecule is O=C(Nc1ccc(C(=O)N2CCCCc3sccc32)cc1OCCCCN1C(=O)c2ccccc2C1=O)c1ccccc1-c1ccccc1. The van der Waals surface area contributed by atoms with Gasteiger partial charge in [0.2, 0.25) is 0 Å². The molecule has 0 spiro atoms. The minimum Gasteiger partial charge on any atom is -0.491 e. The van der Waals surface area contributed by atoms with Crippen LogP contribution in [0.3, 0.4) is 0 Å². The van der Waals surface area contributed by atoms with Crippen molar-refractivity contribution in [1.29, 1.82) is 0 Å². The van der Waals surface area contributed by atoms with Crippen molar-refractivity contribution in [2.75, 3.05) is 29.9 Å². The molecule has 1 N–H and O–H groups in total.